The van der Waals surface area contributed by atoms with Crippen molar-refractivity contribution in [2.75, 3.05) is 0 Å². The fourth-order valence-electron chi connectivity index (χ4n) is 2.41. The van der Waals surface area contributed by atoms with Gasteiger partial charge in [0.2, 0.25) is 5.91 Å². The van der Waals surface area contributed by atoms with E-state index in [0.29, 0.717) is 24.8 Å². The van der Waals surface area contributed by atoms with Crippen LogP contribution in [0.25, 0.3) is 0 Å². The van der Waals surface area contributed by atoms with Gasteiger partial charge in [-0.1, -0.05) is 18.2 Å². The molecule has 1 aromatic rings. The number of carboxylic acid groups (broad SMARTS) is 1. The maximum absolute atomic E-state index is 13.4. The highest BCUT2D eigenvalue weighted by molar-refractivity contribution is 5.80. The molecule has 0 saturated heterocycles. The zero-order chi connectivity index (χ0) is 13.8. The lowest BCUT2D eigenvalue weighted by Gasteiger charge is -2.11. The normalized spacial score (nSPS) is 22.2. The second-order valence-corrected chi connectivity index (χ2v) is 4.85. The van der Waals surface area contributed by atoms with Crippen LogP contribution in [-0.2, 0) is 16.1 Å². The monoisotopic (exact) mass is 265 g/mol. The minimum atomic E-state index is -0.843. The quantitative estimate of drug-likeness (QED) is 0.874. The van der Waals surface area contributed by atoms with Gasteiger partial charge in [-0.05, 0) is 25.3 Å². The van der Waals surface area contributed by atoms with E-state index in [1.165, 1.54) is 6.07 Å². The summed E-state index contributed by atoms with van der Waals surface area (Å²) in [5, 5.41) is 11.5. The first-order chi connectivity index (χ1) is 9.08. The number of carbonyl (C=O) groups excluding carboxylic acids is 1. The number of aliphatic carboxylic acids is 1. The summed E-state index contributed by atoms with van der Waals surface area (Å²) >= 11 is 0. The summed E-state index contributed by atoms with van der Waals surface area (Å²) in [5.41, 5.74) is 0.434. The number of halogens is 1. The lowest BCUT2D eigenvalue weighted by atomic mass is 10.0. The Kier molecular flexibility index (Phi) is 4.14. The molecule has 2 rings (SSSR count). The van der Waals surface area contributed by atoms with E-state index in [9.17, 15) is 14.0 Å². The lowest BCUT2D eigenvalue weighted by Crippen LogP contribution is -2.29. The Hall–Kier alpha value is -1.91. The minimum absolute atomic E-state index is 0.139. The topological polar surface area (TPSA) is 66.4 Å². The SMILES string of the molecule is O=C(O)[C@H]1CC[C@@H](C(=O)NCc2ccccc2F)C1. The molecule has 2 N–H and O–H groups in total. The van der Waals surface area contributed by atoms with Gasteiger partial charge >= 0.3 is 5.97 Å². The van der Waals surface area contributed by atoms with Crippen molar-refractivity contribution in [1.82, 2.24) is 5.32 Å². The molecule has 1 amide bonds. The molecular weight excluding hydrogens is 249 g/mol. The van der Waals surface area contributed by atoms with Crippen molar-refractivity contribution in [3.8, 4) is 0 Å². The van der Waals surface area contributed by atoms with Crippen molar-refractivity contribution in [2.45, 2.75) is 25.8 Å². The summed E-state index contributed by atoms with van der Waals surface area (Å²) in [6, 6.07) is 6.26. The van der Waals surface area contributed by atoms with Gasteiger partial charge in [-0.25, -0.2) is 4.39 Å². The second-order valence-electron chi connectivity index (χ2n) is 4.85. The first kappa shape index (κ1) is 13.5. The number of rotatable bonds is 4. The van der Waals surface area contributed by atoms with E-state index >= 15 is 0 Å². The fraction of sp³-hybridized carbons (Fsp3) is 0.429. The molecule has 1 aromatic carbocycles. The molecule has 1 fully saturated rings. The van der Waals surface area contributed by atoms with E-state index in [1.54, 1.807) is 18.2 Å². The molecule has 102 valence electrons. The van der Waals surface area contributed by atoms with Crippen LogP contribution in [0.1, 0.15) is 24.8 Å². The molecule has 0 radical (unpaired) electrons. The standard InChI is InChI=1S/C14H16FNO3/c15-12-4-2-1-3-11(12)8-16-13(17)9-5-6-10(7-9)14(18)19/h1-4,9-10H,5-8H2,(H,16,17)(H,18,19)/t9-,10+/m1/s1. The van der Waals surface area contributed by atoms with Gasteiger partial charge < -0.3 is 10.4 Å². The smallest absolute Gasteiger partial charge is 0.306 e. The molecule has 2 atom stereocenters. The van der Waals surface area contributed by atoms with Crippen LogP contribution in [0, 0.1) is 17.7 Å². The highest BCUT2D eigenvalue weighted by Crippen LogP contribution is 2.31. The van der Waals surface area contributed by atoms with Gasteiger partial charge in [0.15, 0.2) is 0 Å². The van der Waals surface area contributed by atoms with Crippen molar-refractivity contribution < 1.29 is 19.1 Å². The van der Waals surface area contributed by atoms with Crippen LogP contribution in [0.5, 0.6) is 0 Å². The van der Waals surface area contributed by atoms with Gasteiger partial charge in [-0.15, -0.1) is 0 Å². The van der Waals surface area contributed by atoms with Gasteiger partial charge in [-0.3, -0.25) is 9.59 Å². The van der Waals surface area contributed by atoms with E-state index in [4.69, 9.17) is 5.11 Å². The first-order valence-electron chi connectivity index (χ1n) is 6.32. The average Bonchev–Trinajstić information content (AvgIpc) is 2.87. The Morgan fingerprint density at radius 2 is 1.95 bits per heavy atom. The van der Waals surface area contributed by atoms with Crippen LogP contribution in [0.2, 0.25) is 0 Å². The molecule has 0 spiro atoms. The predicted molar refractivity (Wildman–Crippen MR) is 66.7 cm³/mol. The number of benzene rings is 1. The molecule has 5 heteroatoms. The first-order valence-corrected chi connectivity index (χ1v) is 6.32. The summed E-state index contributed by atoms with van der Waals surface area (Å²) in [4.78, 5) is 22.7. The summed E-state index contributed by atoms with van der Waals surface area (Å²) in [6.45, 7) is 0.139. The summed E-state index contributed by atoms with van der Waals surface area (Å²) in [7, 11) is 0. The van der Waals surface area contributed by atoms with Crippen LogP contribution in [0.4, 0.5) is 4.39 Å². The van der Waals surface area contributed by atoms with Crippen molar-refractivity contribution in [1.29, 1.82) is 0 Å². The van der Waals surface area contributed by atoms with Crippen molar-refractivity contribution in [3.63, 3.8) is 0 Å². The predicted octanol–water partition coefficient (Wildman–Crippen LogP) is 1.94. The third-order valence-electron chi connectivity index (χ3n) is 3.56. The highest BCUT2D eigenvalue weighted by atomic mass is 19.1. The molecule has 0 heterocycles. The van der Waals surface area contributed by atoms with Crippen LogP contribution in [0.3, 0.4) is 0 Å². The van der Waals surface area contributed by atoms with E-state index < -0.39 is 11.9 Å². The van der Waals surface area contributed by atoms with Gasteiger partial charge in [0, 0.05) is 18.0 Å². The van der Waals surface area contributed by atoms with Crippen molar-refractivity contribution in [3.05, 3.63) is 35.6 Å². The molecule has 0 aromatic heterocycles. The third kappa shape index (κ3) is 3.30. The Labute approximate surface area is 110 Å². The van der Waals surface area contributed by atoms with Crippen LogP contribution < -0.4 is 5.32 Å². The fourth-order valence-corrected chi connectivity index (χ4v) is 2.41. The number of hydrogen-bond acceptors (Lipinski definition) is 2. The van der Waals surface area contributed by atoms with Crippen molar-refractivity contribution in [2.24, 2.45) is 11.8 Å². The Morgan fingerprint density at radius 3 is 2.58 bits per heavy atom. The second kappa shape index (κ2) is 5.82. The van der Waals surface area contributed by atoms with E-state index in [-0.39, 0.29) is 24.2 Å². The number of amides is 1. The van der Waals surface area contributed by atoms with Crippen LogP contribution in [-0.4, -0.2) is 17.0 Å². The molecule has 0 unspecified atom stereocenters. The average molecular weight is 265 g/mol. The number of hydrogen-bond donors (Lipinski definition) is 2. The molecular formula is C14H16FNO3. The molecule has 19 heavy (non-hydrogen) atoms. The van der Waals surface area contributed by atoms with Gasteiger partial charge in [0.05, 0.1) is 5.92 Å². The summed E-state index contributed by atoms with van der Waals surface area (Å²) in [6.07, 6.45) is 1.49. The summed E-state index contributed by atoms with van der Waals surface area (Å²) < 4.78 is 13.4. The van der Waals surface area contributed by atoms with Crippen LogP contribution in [0.15, 0.2) is 24.3 Å². The Balaban J connectivity index is 1.86. The maximum atomic E-state index is 13.4. The minimum Gasteiger partial charge on any atom is -0.481 e. The number of carbonyl (C=O) groups is 2. The number of nitrogens with one attached hydrogen (secondary N) is 1. The lowest BCUT2D eigenvalue weighted by molar-refractivity contribution is -0.141. The molecule has 0 aliphatic heterocycles. The Morgan fingerprint density at radius 1 is 1.26 bits per heavy atom. The van der Waals surface area contributed by atoms with Gasteiger partial charge in [-0.2, -0.15) is 0 Å². The summed E-state index contributed by atoms with van der Waals surface area (Å²) in [5.74, 6) is -2.08. The maximum Gasteiger partial charge on any atom is 0.306 e. The van der Waals surface area contributed by atoms with E-state index in [0.717, 1.165) is 0 Å². The number of carboxylic acids is 1. The third-order valence-corrected chi connectivity index (χ3v) is 3.56. The highest BCUT2D eigenvalue weighted by Gasteiger charge is 2.33. The van der Waals surface area contributed by atoms with E-state index in [1.807, 2.05) is 0 Å². The van der Waals surface area contributed by atoms with Gasteiger partial charge in [0.25, 0.3) is 0 Å². The van der Waals surface area contributed by atoms with Crippen molar-refractivity contribution >= 4 is 11.9 Å². The zero-order valence-corrected chi connectivity index (χ0v) is 10.4. The molecule has 1 saturated carbocycles. The Bertz CT molecular complexity index is 489. The molecule has 0 bridgehead atoms. The van der Waals surface area contributed by atoms with E-state index in [2.05, 4.69) is 5.32 Å². The largest absolute Gasteiger partial charge is 0.481 e. The molecule has 4 nitrogen and oxygen atoms in total. The van der Waals surface area contributed by atoms with Crippen LogP contribution >= 0.6 is 0 Å². The molecule has 1 aliphatic carbocycles. The van der Waals surface area contributed by atoms with Gasteiger partial charge in [0.1, 0.15) is 5.82 Å². The molecule has 1 aliphatic rings. The zero-order valence-electron chi connectivity index (χ0n) is 10.4.